The monoisotopic (exact) mass is 405 g/mol. The Morgan fingerprint density at radius 3 is 2.67 bits per heavy atom. The van der Waals surface area contributed by atoms with Crippen LogP contribution in [0.5, 0.6) is 0 Å². The number of nitrogens with zero attached hydrogens (tertiary/aromatic N) is 1. The Hall–Kier alpha value is -3.28. The Labute approximate surface area is 175 Å². The van der Waals surface area contributed by atoms with E-state index >= 15 is 0 Å². The Bertz CT molecular complexity index is 1090. The summed E-state index contributed by atoms with van der Waals surface area (Å²) in [6.45, 7) is 5.94. The van der Waals surface area contributed by atoms with Gasteiger partial charge in [-0.3, -0.25) is 14.6 Å². The Balaban J connectivity index is 1.80. The van der Waals surface area contributed by atoms with E-state index in [9.17, 15) is 14.0 Å². The molecule has 2 aromatic rings. The minimum Gasteiger partial charge on any atom is -0.362 e. The van der Waals surface area contributed by atoms with Crippen LogP contribution in [0, 0.1) is 11.2 Å². The highest BCUT2D eigenvalue weighted by Gasteiger charge is 2.42. The number of amides is 1. The largest absolute Gasteiger partial charge is 0.362 e. The number of hydrogen-bond acceptors (Lipinski definition) is 4. The third-order valence-electron chi connectivity index (χ3n) is 5.62. The molecule has 1 amide bonds. The van der Waals surface area contributed by atoms with Crippen molar-refractivity contribution >= 4 is 17.4 Å². The zero-order valence-corrected chi connectivity index (χ0v) is 17.3. The van der Waals surface area contributed by atoms with Gasteiger partial charge in [0.1, 0.15) is 5.82 Å². The second kappa shape index (κ2) is 7.52. The van der Waals surface area contributed by atoms with Gasteiger partial charge in [0.2, 0.25) is 0 Å². The SMILES string of the molecule is CC1=C(C(=O)Nc2ccccc2F)C(c2cccnc2)C2=C(CC(C)(C)CC2=O)N1. The summed E-state index contributed by atoms with van der Waals surface area (Å²) in [7, 11) is 0. The average molecular weight is 405 g/mol. The van der Waals surface area contributed by atoms with Crippen molar-refractivity contribution in [2.75, 3.05) is 5.32 Å². The summed E-state index contributed by atoms with van der Waals surface area (Å²) >= 11 is 0. The van der Waals surface area contributed by atoms with Crippen molar-refractivity contribution in [2.24, 2.45) is 5.41 Å². The summed E-state index contributed by atoms with van der Waals surface area (Å²) < 4.78 is 14.1. The summed E-state index contributed by atoms with van der Waals surface area (Å²) in [6.07, 6.45) is 4.45. The number of allylic oxidation sites excluding steroid dienone is 3. The Kier molecular flexibility index (Phi) is 5.02. The number of benzene rings is 1. The fourth-order valence-electron chi connectivity index (χ4n) is 4.37. The molecule has 1 aliphatic heterocycles. The van der Waals surface area contributed by atoms with Crippen molar-refractivity contribution in [2.45, 2.75) is 39.5 Å². The predicted molar refractivity (Wildman–Crippen MR) is 113 cm³/mol. The van der Waals surface area contributed by atoms with Crippen LogP contribution in [0.3, 0.4) is 0 Å². The second-order valence-corrected chi connectivity index (χ2v) is 8.65. The Morgan fingerprint density at radius 2 is 1.97 bits per heavy atom. The lowest BCUT2D eigenvalue weighted by Gasteiger charge is -2.39. The molecule has 1 aliphatic carbocycles. The molecule has 1 aromatic carbocycles. The number of anilines is 1. The van der Waals surface area contributed by atoms with Crippen molar-refractivity contribution in [3.05, 3.63) is 82.7 Å². The molecule has 1 unspecified atom stereocenters. The van der Waals surface area contributed by atoms with Gasteiger partial charge in [0.05, 0.1) is 5.69 Å². The van der Waals surface area contributed by atoms with Crippen molar-refractivity contribution in [1.82, 2.24) is 10.3 Å². The van der Waals surface area contributed by atoms with Crippen molar-refractivity contribution in [3.63, 3.8) is 0 Å². The summed E-state index contributed by atoms with van der Waals surface area (Å²) in [5.74, 6) is -1.49. The summed E-state index contributed by atoms with van der Waals surface area (Å²) in [5.41, 5.74) is 3.22. The van der Waals surface area contributed by atoms with Gasteiger partial charge in [0.25, 0.3) is 5.91 Å². The van der Waals surface area contributed by atoms with Crippen LogP contribution in [-0.2, 0) is 9.59 Å². The van der Waals surface area contributed by atoms with Crippen LogP contribution >= 0.6 is 0 Å². The molecule has 5 nitrogen and oxygen atoms in total. The highest BCUT2D eigenvalue weighted by Crippen LogP contribution is 2.46. The number of hydrogen-bond donors (Lipinski definition) is 2. The van der Waals surface area contributed by atoms with E-state index < -0.39 is 17.6 Å². The maximum Gasteiger partial charge on any atom is 0.254 e. The fourth-order valence-corrected chi connectivity index (χ4v) is 4.37. The van der Waals surface area contributed by atoms with Crippen LogP contribution in [-0.4, -0.2) is 16.7 Å². The molecule has 2 heterocycles. The highest BCUT2D eigenvalue weighted by molar-refractivity contribution is 6.09. The minimum atomic E-state index is -0.551. The van der Waals surface area contributed by atoms with Gasteiger partial charge in [-0.15, -0.1) is 0 Å². The van der Waals surface area contributed by atoms with Crippen LogP contribution < -0.4 is 10.6 Å². The van der Waals surface area contributed by atoms with E-state index in [1.54, 1.807) is 30.6 Å². The molecular weight excluding hydrogens is 381 g/mol. The molecule has 6 heteroatoms. The van der Waals surface area contributed by atoms with E-state index in [0.29, 0.717) is 29.7 Å². The van der Waals surface area contributed by atoms with E-state index in [0.717, 1.165) is 11.3 Å². The number of carbonyl (C=O) groups excluding carboxylic acids is 2. The van der Waals surface area contributed by atoms with Gasteiger partial charge in [-0.05, 0) is 42.5 Å². The van der Waals surface area contributed by atoms with Gasteiger partial charge in [-0.1, -0.05) is 32.0 Å². The first-order valence-electron chi connectivity index (χ1n) is 9.97. The summed E-state index contributed by atoms with van der Waals surface area (Å²) in [5, 5.41) is 5.97. The molecule has 2 aliphatic rings. The first-order valence-corrected chi connectivity index (χ1v) is 9.97. The van der Waals surface area contributed by atoms with Crippen molar-refractivity contribution < 1.29 is 14.0 Å². The van der Waals surface area contributed by atoms with Gasteiger partial charge < -0.3 is 10.6 Å². The van der Waals surface area contributed by atoms with E-state index in [4.69, 9.17) is 0 Å². The van der Waals surface area contributed by atoms with E-state index in [1.165, 1.54) is 12.1 Å². The summed E-state index contributed by atoms with van der Waals surface area (Å²) in [6, 6.07) is 9.68. The third kappa shape index (κ3) is 3.65. The zero-order valence-electron chi connectivity index (χ0n) is 17.3. The number of carbonyl (C=O) groups is 2. The molecule has 0 bridgehead atoms. The topological polar surface area (TPSA) is 71.1 Å². The Morgan fingerprint density at radius 1 is 1.20 bits per heavy atom. The number of pyridine rings is 1. The number of dihydropyridines is 1. The van der Waals surface area contributed by atoms with Crippen molar-refractivity contribution in [3.8, 4) is 0 Å². The summed E-state index contributed by atoms with van der Waals surface area (Å²) in [4.78, 5) is 30.7. The van der Waals surface area contributed by atoms with Gasteiger partial charge >= 0.3 is 0 Å². The fraction of sp³-hybridized carbons (Fsp3) is 0.292. The number of para-hydroxylation sites is 1. The van der Waals surface area contributed by atoms with Gasteiger partial charge in [0.15, 0.2) is 5.78 Å². The number of rotatable bonds is 3. The zero-order chi connectivity index (χ0) is 21.5. The number of aromatic nitrogens is 1. The standard InChI is InChI=1S/C24H24FN3O2/c1-14-20(23(30)28-17-9-5-4-8-16(17)25)21(15-7-6-10-26-13-15)22-18(27-14)11-24(2,3)12-19(22)29/h4-10,13,21,27H,11-12H2,1-3H3,(H,28,30). The molecule has 0 fully saturated rings. The normalized spacial score (nSPS) is 20.5. The third-order valence-corrected chi connectivity index (χ3v) is 5.62. The molecule has 4 rings (SSSR count). The smallest absolute Gasteiger partial charge is 0.254 e. The van der Waals surface area contributed by atoms with Crippen LogP contribution in [0.4, 0.5) is 10.1 Å². The van der Waals surface area contributed by atoms with Gasteiger partial charge in [0, 0.05) is 47.3 Å². The van der Waals surface area contributed by atoms with E-state index in [-0.39, 0.29) is 16.9 Å². The molecular formula is C24H24FN3O2. The second-order valence-electron chi connectivity index (χ2n) is 8.65. The maximum atomic E-state index is 14.1. The van der Waals surface area contributed by atoms with E-state index in [2.05, 4.69) is 29.5 Å². The first-order chi connectivity index (χ1) is 14.3. The lowest BCUT2D eigenvalue weighted by Crippen LogP contribution is -2.39. The first kappa shape index (κ1) is 20.0. The molecule has 1 aromatic heterocycles. The van der Waals surface area contributed by atoms with Gasteiger partial charge in [-0.2, -0.15) is 0 Å². The number of halogens is 1. The minimum absolute atomic E-state index is 0.0197. The highest BCUT2D eigenvalue weighted by atomic mass is 19.1. The maximum absolute atomic E-state index is 14.1. The lowest BCUT2D eigenvalue weighted by atomic mass is 9.68. The molecule has 0 saturated carbocycles. The molecule has 30 heavy (non-hydrogen) atoms. The molecule has 0 saturated heterocycles. The van der Waals surface area contributed by atoms with Crippen molar-refractivity contribution in [1.29, 1.82) is 0 Å². The average Bonchev–Trinajstić information content (AvgIpc) is 2.68. The van der Waals surface area contributed by atoms with Crippen LogP contribution in [0.1, 0.15) is 45.1 Å². The number of nitrogens with one attached hydrogen (secondary N) is 2. The number of Topliss-reactive ketones (excluding diaryl/α,β-unsaturated/α-hetero) is 1. The van der Waals surface area contributed by atoms with Crippen LogP contribution in [0.15, 0.2) is 71.3 Å². The molecule has 2 N–H and O–H groups in total. The molecule has 1 atom stereocenters. The van der Waals surface area contributed by atoms with Crippen LogP contribution in [0.25, 0.3) is 0 Å². The van der Waals surface area contributed by atoms with E-state index in [1.807, 2.05) is 13.0 Å². The lowest BCUT2D eigenvalue weighted by molar-refractivity contribution is -0.118. The van der Waals surface area contributed by atoms with Crippen LogP contribution in [0.2, 0.25) is 0 Å². The predicted octanol–water partition coefficient (Wildman–Crippen LogP) is 4.46. The molecule has 0 spiro atoms. The quantitative estimate of drug-likeness (QED) is 0.791. The molecule has 154 valence electrons. The molecule has 0 radical (unpaired) electrons. The number of ketones is 1. The van der Waals surface area contributed by atoms with Gasteiger partial charge in [-0.25, -0.2) is 4.39 Å².